The Hall–Kier alpha value is -1.20. The standard InChI is InChI=1S/C11H10Cl2N4O/c12-8-10(18)17(6-3-1-2-4-6)9-7(15-8)5-14-11(13)16-9/h5-6H,1-4H2. The number of hydrogen-bond acceptors (Lipinski definition) is 4. The molecule has 0 amide bonds. The van der Waals surface area contributed by atoms with Crippen molar-refractivity contribution in [1.29, 1.82) is 0 Å². The minimum absolute atomic E-state index is 0.0414. The first kappa shape index (κ1) is 11.9. The molecule has 0 saturated heterocycles. The summed E-state index contributed by atoms with van der Waals surface area (Å²) < 4.78 is 1.62. The molecule has 0 aromatic carbocycles. The van der Waals surface area contributed by atoms with Crippen LogP contribution in [-0.4, -0.2) is 19.5 Å². The van der Waals surface area contributed by atoms with E-state index in [1.165, 1.54) is 6.20 Å². The van der Waals surface area contributed by atoms with Gasteiger partial charge < -0.3 is 0 Å². The van der Waals surface area contributed by atoms with Gasteiger partial charge in [-0.15, -0.1) is 0 Å². The normalized spacial score (nSPS) is 16.6. The van der Waals surface area contributed by atoms with Crippen LogP contribution in [0.25, 0.3) is 11.2 Å². The quantitative estimate of drug-likeness (QED) is 0.756. The highest BCUT2D eigenvalue weighted by Crippen LogP contribution is 2.30. The van der Waals surface area contributed by atoms with Crippen LogP contribution in [-0.2, 0) is 0 Å². The Balaban J connectivity index is 2.34. The molecule has 1 fully saturated rings. The topological polar surface area (TPSA) is 60.7 Å². The molecule has 0 atom stereocenters. The largest absolute Gasteiger partial charge is 0.290 e. The SMILES string of the molecule is O=c1c(Cl)nc2cnc(Cl)nc2n1C1CCCC1. The van der Waals surface area contributed by atoms with Gasteiger partial charge in [0.1, 0.15) is 5.52 Å². The first-order valence-corrected chi connectivity index (χ1v) is 6.52. The molecule has 0 N–H and O–H groups in total. The summed E-state index contributed by atoms with van der Waals surface area (Å²) in [6.07, 6.45) is 5.62. The van der Waals surface area contributed by atoms with Crippen LogP contribution >= 0.6 is 23.2 Å². The van der Waals surface area contributed by atoms with E-state index in [1.54, 1.807) is 4.57 Å². The van der Waals surface area contributed by atoms with Gasteiger partial charge in [-0.1, -0.05) is 24.4 Å². The highest BCUT2D eigenvalue weighted by Gasteiger charge is 2.22. The number of halogens is 2. The molecule has 0 bridgehead atoms. The van der Waals surface area contributed by atoms with Crippen molar-refractivity contribution in [2.75, 3.05) is 0 Å². The minimum atomic E-state index is -0.300. The van der Waals surface area contributed by atoms with Crippen LogP contribution in [0.5, 0.6) is 0 Å². The molecule has 2 aromatic heterocycles. The van der Waals surface area contributed by atoms with Crippen molar-refractivity contribution in [1.82, 2.24) is 19.5 Å². The van der Waals surface area contributed by atoms with Crippen molar-refractivity contribution in [3.05, 3.63) is 27.0 Å². The van der Waals surface area contributed by atoms with Crippen molar-refractivity contribution in [3.63, 3.8) is 0 Å². The second kappa shape index (κ2) is 4.48. The Bertz CT molecular complexity index is 664. The molecule has 94 valence electrons. The van der Waals surface area contributed by atoms with Crippen LogP contribution in [0.15, 0.2) is 11.0 Å². The molecule has 0 unspecified atom stereocenters. The van der Waals surface area contributed by atoms with Crippen LogP contribution < -0.4 is 5.56 Å². The smallest absolute Gasteiger partial charge is 0.285 e. The van der Waals surface area contributed by atoms with Crippen LogP contribution in [0.2, 0.25) is 10.4 Å². The van der Waals surface area contributed by atoms with E-state index < -0.39 is 0 Å². The van der Waals surface area contributed by atoms with E-state index in [4.69, 9.17) is 23.2 Å². The van der Waals surface area contributed by atoms with Gasteiger partial charge in [-0.3, -0.25) is 9.36 Å². The zero-order valence-corrected chi connectivity index (χ0v) is 10.9. The van der Waals surface area contributed by atoms with E-state index in [0.29, 0.717) is 11.2 Å². The fourth-order valence-electron chi connectivity index (χ4n) is 2.45. The average molecular weight is 285 g/mol. The zero-order valence-electron chi connectivity index (χ0n) is 9.44. The lowest BCUT2D eigenvalue weighted by Gasteiger charge is -2.15. The Morgan fingerprint density at radius 3 is 2.67 bits per heavy atom. The molecular formula is C11H10Cl2N4O. The van der Waals surface area contributed by atoms with Crippen LogP contribution in [0, 0.1) is 0 Å². The second-order valence-corrected chi connectivity index (χ2v) is 5.06. The van der Waals surface area contributed by atoms with Crippen molar-refractivity contribution >= 4 is 34.4 Å². The van der Waals surface area contributed by atoms with Gasteiger partial charge in [-0.05, 0) is 24.4 Å². The third kappa shape index (κ3) is 1.87. The molecule has 5 nitrogen and oxygen atoms in total. The highest BCUT2D eigenvalue weighted by molar-refractivity contribution is 6.29. The van der Waals surface area contributed by atoms with Gasteiger partial charge in [0.25, 0.3) is 5.56 Å². The molecule has 0 aliphatic heterocycles. The molecule has 18 heavy (non-hydrogen) atoms. The zero-order chi connectivity index (χ0) is 12.7. The van der Waals surface area contributed by atoms with Gasteiger partial charge in [-0.2, -0.15) is 4.98 Å². The number of rotatable bonds is 1. The van der Waals surface area contributed by atoms with Crippen molar-refractivity contribution in [2.24, 2.45) is 0 Å². The molecule has 1 aliphatic rings. The summed E-state index contributed by atoms with van der Waals surface area (Å²) in [5.41, 5.74) is 0.665. The maximum absolute atomic E-state index is 12.1. The van der Waals surface area contributed by atoms with E-state index in [2.05, 4.69) is 15.0 Å². The molecule has 1 aliphatic carbocycles. The number of hydrogen-bond donors (Lipinski definition) is 0. The lowest BCUT2D eigenvalue weighted by atomic mass is 10.2. The summed E-state index contributed by atoms with van der Waals surface area (Å²) >= 11 is 11.7. The summed E-state index contributed by atoms with van der Waals surface area (Å²) in [6, 6.07) is 0.131. The van der Waals surface area contributed by atoms with Gasteiger partial charge in [0.2, 0.25) is 5.28 Å². The Labute approximate surface area is 113 Å². The van der Waals surface area contributed by atoms with Crippen molar-refractivity contribution in [2.45, 2.75) is 31.7 Å². The lowest BCUT2D eigenvalue weighted by molar-refractivity contribution is 0.514. The monoisotopic (exact) mass is 284 g/mol. The molecule has 3 rings (SSSR count). The fourth-order valence-corrected chi connectivity index (χ4v) is 2.76. The summed E-state index contributed by atoms with van der Waals surface area (Å²) in [5, 5.41) is 0.0677. The maximum Gasteiger partial charge on any atom is 0.290 e. The van der Waals surface area contributed by atoms with Crippen LogP contribution in [0.4, 0.5) is 0 Å². The molecule has 0 radical (unpaired) electrons. The molecule has 2 aromatic rings. The van der Waals surface area contributed by atoms with Gasteiger partial charge in [0, 0.05) is 6.04 Å². The molecule has 2 heterocycles. The van der Waals surface area contributed by atoms with E-state index in [1.807, 2.05) is 0 Å². The predicted molar refractivity (Wildman–Crippen MR) is 69.1 cm³/mol. The predicted octanol–water partition coefficient (Wildman–Crippen LogP) is 2.61. The van der Waals surface area contributed by atoms with Gasteiger partial charge in [0.05, 0.1) is 6.20 Å². The fraction of sp³-hybridized carbons (Fsp3) is 0.455. The molecule has 7 heteroatoms. The van der Waals surface area contributed by atoms with Crippen LogP contribution in [0.3, 0.4) is 0 Å². The number of aromatic nitrogens is 4. The second-order valence-electron chi connectivity index (χ2n) is 4.36. The first-order valence-electron chi connectivity index (χ1n) is 5.77. The Kier molecular flexibility index (Phi) is 2.95. The lowest BCUT2D eigenvalue weighted by Crippen LogP contribution is -2.26. The summed E-state index contributed by atoms with van der Waals surface area (Å²) in [6.45, 7) is 0. The average Bonchev–Trinajstić information content (AvgIpc) is 2.85. The molecule has 1 saturated carbocycles. The van der Waals surface area contributed by atoms with Crippen LogP contribution in [0.1, 0.15) is 31.7 Å². The molecular weight excluding hydrogens is 275 g/mol. The maximum atomic E-state index is 12.1. The third-order valence-corrected chi connectivity index (χ3v) is 3.68. The van der Waals surface area contributed by atoms with E-state index in [9.17, 15) is 4.79 Å². The first-order chi connectivity index (χ1) is 8.66. The highest BCUT2D eigenvalue weighted by atomic mass is 35.5. The minimum Gasteiger partial charge on any atom is -0.285 e. The van der Waals surface area contributed by atoms with E-state index >= 15 is 0 Å². The van der Waals surface area contributed by atoms with Crippen molar-refractivity contribution in [3.8, 4) is 0 Å². The summed E-state index contributed by atoms with van der Waals surface area (Å²) in [4.78, 5) is 24.1. The van der Waals surface area contributed by atoms with Gasteiger partial charge in [-0.25, -0.2) is 9.97 Å². The summed E-state index contributed by atoms with van der Waals surface area (Å²) in [5.74, 6) is 0. The molecule has 0 spiro atoms. The van der Waals surface area contributed by atoms with Gasteiger partial charge in [0.15, 0.2) is 10.8 Å². The van der Waals surface area contributed by atoms with E-state index in [0.717, 1.165) is 25.7 Å². The Morgan fingerprint density at radius 2 is 1.94 bits per heavy atom. The van der Waals surface area contributed by atoms with Gasteiger partial charge >= 0.3 is 0 Å². The third-order valence-electron chi connectivity index (χ3n) is 3.25. The number of fused-ring (bicyclic) bond motifs is 1. The van der Waals surface area contributed by atoms with E-state index in [-0.39, 0.29) is 22.0 Å². The van der Waals surface area contributed by atoms with Crippen molar-refractivity contribution < 1.29 is 0 Å². The summed E-state index contributed by atoms with van der Waals surface area (Å²) in [7, 11) is 0. The number of nitrogens with zero attached hydrogens (tertiary/aromatic N) is 4. The Morgan fingerprint density at radius 1 is 1.22 bits per heavy atom.